The van der Waals surface area contributed by atoms with Gasteiger partial charge in [0.2, 0.25) is 0 Å². The van der Waals surface area contributed by atoms with Gasteiger partial charge in [-0.25, -0.2) is 9.78 Å². The van der Waals surface area contributed by atoms with E-state index in [1.165, 1.54) is 11.3 Å². The predicted molar refractivity (Wildman–Crippen MR) is 133 cm³/mol. The number of carbonyl (C=O) groups is 2. The van der Waals surface area contributed by atoms with E-state index in [9.17, 15) is 14.7 Å². The SMILES string of the molecule is CCOC(=O)C1=C(CN2CCO[C@H](C)[C@H]2C(=O)O)NC(c2nccs2)=NC1c1ccc(Cl)cc1Cl. The number of rotatable bonds is 7. The van der Waals surface area contributed by atoms with Crippen molar-refractivity contribution in [3.63, 3.8) is 0 Å². The number of hydrogen-bond acceptors (Lipinski definition) is 9. The highest BCUT2D eigenvalue weighted by atomic mass is 35.5. The Morgan fingerprint density at radius 1 is 1.37 bits per heavy atom. The second-order valence-electron chi connectivity index (χ2n) is 7.95. The van der Waals surface area contributed by atoms with E-state index in [1.807, 2.05) is 5.38 Å². The Bertz CT molecular complexity index is 1170. The topological polar surface area (TPSA) is 113 Å². The number of carboxylic acid groups (broad SMARTS) is 1. The molecule has 186 valence electrons. The summed E-state index contributed by atoms with van der Waals surface area (Å²) < 4.78 is 11.0. The molecule has 12 heteroatoms. The van der Waals surface area contributed by atoms with Gasteiger partial charge < -0.3 is 19.9 Å². The van der Waals surface area contributed by atoms with Crippen molar-refractivity contribution in [2.45, 2.75) is 32.0 Å². The standard InChI is InChI=1S/C23H24Cl2N4O5S/c1-3-33-23(32)17-16(11-29-7-8-34-12(2)19(29)22(30)31)27-20(21-26-6-9-35-21)28-18(17)14-5-4-13(24)10-15(14)25/h4-6,9-10,12,18-19H,3,7-8,11H2,1-2H3,(H,27,28)(H,30,31)/t12-,18?,19+/m1/s1. The van der Waals surface area contributed by atoms with Gasteiger partial charge in [-0.2, -0.15) is 0 Å². The number of nitrogens with zero attached hydrogens (tertiary/aromatic N) is 3. The molecule has 0 spiro atoms. The maximum Gasteiger partial charge on any atom is 0.338 e. The lowest BCUT2D eigenvalue weighted by atomic mass is 9.94. The van der Waals surface area contributed by atoms with Gasteiger partial charge in [-0.1, -0.05) is 29.3 Å². The van der Waals surface area contributed by atoms with Crippen LogP contribution in [-0.2, 0) is 19.1 Å². The number of thiazole rings is 1. The summed E-state index contributed by atoms with van der Waals surface area (Å²) in [6, 6.07) is 3.29. The Hall–Kier alpha value is -2.50. The lowest BCUT2D eigenvalue weighted by Gasteiger charge is -2.38. The average Bonchev–Trinajstić information content (AvgIpc) is 3.33. The zero-order chi connectivity index (χ0) is 25.1. The van der Waals surface area contributed by atoms with Crippen LogP contribution in [0.15, 0.2) is 46.0 Å². The number of carboxylic acids is 1. The molecule has 35 heavy (non-hydrogen) atoms. The van der Waals surface area contributed by atoms with Crippen molar-refractivity contribution in [2.75, 3.05) is 26.3 Å². The van der Waals surface area contributed by atoms with E-state index in [4.69, 9.17) is 37.7 Å². The monoisotopic (exact) mass is 538 g/mol. The van der Waals surface area contributed by atoms with E-state index in [-0.39, 0.29) is 18.7 Å². The van der Waals surface area contributed by atoms with Crippen LogP contribution in [0.25, 0.3) is 0 Å². The number of halogens is 2. The molecule has 0 aliphatic carbocycles. The minimum Gasteiger partial charge on any atom is -0.480 e. The number of morpholine rings is 1. The molecule has 1 aromatic carbocycles. The first kappa shape index (κ1) is 25.6. The normalized spacial score (nSPS) is 23.0. The summed E-state index contributed by atoms with van der Waals surface area (Å²) in [5.41, 5.74) is 1.29. The van der Waals surface area contributed by atoms with Crippen LogP contribution in [-0.4, -0.2) is 71.2 Å². The molecule has 0 amide bonds. The van der Waals surface area contributed by atoms with Gasteiger partial charge in [-0.05, 0) is 26.0 Å². The van der Waals surface area contributed by atoms with Crippen molar-refractivity contribution < 1.29 is 24.2 Å². The lowest BCUT2D eigenvalue weighted by molar-refractivity contribution is -0.155. The summed E-state index contributed by atoms with van der Waals surface area (Å²) in [5, 5.41) is 16.3. The molecule has 2 aliphatic heterocycles. The molecule has 0 bridgehead atoms. The zero-order valence-corrected chi connectivity index (χ0v) is 21.4. The summed E-state index contributed by atoms with van der Waals surface area (Å²) in [5.74, 6) is -1.12. The highest BCUT2D eigenvalue weighted by Crippen LogP contribution is 2.37. The molecule has 2 N–H and O–H groups in total. The first-order chi connectivity index (χ1) is 16.8. The van der Waals surface area contributed by atoms with E-state index in [1.54, 1.807) is 43.1 Å². The molecule has 1 unspecified atom stereocenters. The highest BCUT2D eigenvalue weighted by Gasteiger charge is 2.39. The molecule has 0 saturated carbocycles. The van der Waals surface area contributed by atoms with Gasteiger partial charge in [0.1, 0.15) is 12.1 Å². The van der Waals surface area contributed by atoms with Crippen molar-refractivity contribution in [3.8, 4) is 0 Å². The van der Waals surface area contributed by atoms with Crippen molar-refractivity contribution >= 4 is 52.3 Å². The minimum absolute atomic E-state index is 0.130. The fraction of sp³-hybridized carbons (Fsp3) is 0.391. The van der Waals surface area contributed by atoms with Crippen LogP contribution >= 0.6 is 34.5 Å². The van der Waals surface area contributed by atoms with Gasteiger partial charge in [0.05, 0.1) is 24.9 Å². The van der Waals surface area contributed by atoms with E-state index in [2.05, 4.69) is 10.3 Å². The molecule has 1 saturated heterocycles. The quantitative estimate of drug-likeness (QED) is 0.514. The third-order valence-electron chi connectivity index (χ3n) is 5.72. The molecule has 0 radical (unpaired) electrons. The fourth-order valence-electron chi connectivity index (χ4n) is 4.19. The molecule has 2 aliphatic rings. The second-order valence-corrected chi connectivity index (χ2v) is 9.69. The number of aromatic nitrogens is 1. The van der Waals surface area contributed by atoms with Crippen molar-refractivity contribution in [1.29, 1.82) is 0 Å². The summed E-state index contributed by atoms with van der Waals surface area (Å²) in [7, 11) is 0. The number of nitrogens with one attached hydrogen (secondary N) is 1. The molecule has 2 aromatic rings. The lowest BCUT2D eigenvalue weighted by Crippen LogP contribution is -2.56. The largest absolute Gasteiger partial charge is 0.480 e. The molecular formula is C23H24Cl2N4O5S. The van der Waals surface area contributed by atoms with E-state index >= 15 is 0 Å². The molecule has 4 rings (SSSR count). The van der Waals surface area contributed by atoms with E-state index in [0.29, 0.717) is 45.3 Å². The van der Waals surface area contributed by atoms with E-state index in [0.717, 1.165) is 0 Å². The number of aliphatic carboxylic acids is 1. The summed E-state index contributed by atoms with van der Waals surface area (Å²) in [6.45, 7) is 4.47. The smallest absolute Gasteiger partial charge is 0.338 e. The molecule has 1 fully saturated rings. The number of hydrogen-bond donors (Lipinski definition) is 2. The maximum absolute atomic E-state index is 13.3. The Balaban J connectivity index is 1.84. The zero-order valence-electron chi connectivity index (χ0n) is 19.0. The number of ether oxygens (including phenoxy) is 2. The number of carbonyl (C=O) groups excluding carboxylic acids is 1. The minimum atomic E-state index is -1.00. The van der Waals surface area contributed by atoms with Gasteiger partial charge in [-0.15, -0.1) is 11.3 Å². The van der Waals surface area contributed by atoms with Gasteiger partial charge in [0, 0.05) is 46.0 Å². The third-order valence-corrected chi connectivity index (χ3v) is 7.07. The van der Waals surface area contributed by atoms with Gasteiger partial charge >= 0.3 is 11.9 Å². The van der Waals surface area contributed by atoms with Crippen LogP contribution in [0.1, 0.15) is 30.5 Å². The Morgan fingerprint density at radius 2 is 2.17 bits per heavy atom. The van der Waals surface area contributed by atoms with Crippen LogP contribution < -0.4 is 5.32 Å². The van der Waals surface area contributed by atoms with Crippen molar-refractivity contribution in [3.05, 3.63) is 61.7 Å². The molecule has 9 nitrogen and oxygen atoms in total. The highest BCUT2D eigenvalue weighted by molar-refractivity contribution is 7.11. The van der Waals surface area contributed by atoms with Crippen LogP contribution in [0.4, 0.5) is 0 Å². The van der Waals surface area contributed by atoms with Gasteiger partial charge in [-0.3, -0.25) is 14.7 Å². The molecule has 3 atom stereocenters. The predicted octanol–water partition coefficient (Wildman–Crippen LogP) is 3.53. The van der Waals surface area contributed by atoms with Crippen molar-refractivity contribution in [2.24, 2.45) is 4.99 Å². The Labute approximate surface area is 216 Å². The summed E-state index contributed by atoms with van der Waals surface area (Å²) in [6.07, 6.45) is 1.13. The van der Waals surface area contributed by atoms with Crippen LogP contribution in [0.3, 0.4) is 0 Å². The van der Waals surface area contributed by atoms with Gasteiger partial charge in [0.15, 0.2) is 10.8 Å². The Morgan fingerprint density at radius 3 is 2.83 bits per heavy atom. The first-order valence-corrected chi connectivity index (χ1v) is 12.6. The second kappa shape index (κ2) is 11.0. The average molecular weight is 539 g/mol. The van der Waals surface area contributed by atoms with Crippen LogP contribution in [0, 0.1) is 0 Å². The molecular weight excluding hydrogens is 515 g/mol. The third kappa shape index (κ3) is 5.52. The molecule has 1 aromatic heterocycles. The first-order valence-electron chi connectivity index (χ1n) is 11.0. The van der Waals surface area contributed by atoms with Crippen LogP contribution in [0.2, 0.25) is 10.0 Å². The summed E-state index contributed by atoms with van der Waals surface area (Å²) in [4.78, 5) is 36.2. The number of aliphatic imine (C=N–C) groups is 1. The van der Waals surface area contributed by atoms with E-state index < -0.39 is 30.1 Å². The number of esters is 1. The van der Waals surface area contributed by atoms with Crippen LogP contribution in [0.5, 0.6) is 0 Å². The maximum atomic E-state index is 13.3. The summed E-state index contributed by atoms with van der Waals surface area (Å²) >= 11 is 14.0. The van der Waals surface area contributed by atoms with Crippen molar-refractivity contribution in [1.82, 2.24) is 15.2 Å². The Kier molecular flexibility index (Phi) is 8.08. The van der Waals surface area contributed by atoms with Gasteiger partial charge in [0.25, 0.3) is 0 Å². The number of benzene rings is 1. The molecule has 3 heterocycles. The fourth-order valence-corrected chi connectivity index (χ4v) is 5.29. The number of amidine groups is 1.